The average Bonchev–Trinajstić information content (AvgIpc) is 2.79. The van der Waals surface area contributed by atoms with Crippen LogP contribution in [0.3, 0.4) is 0 Å². The van der Waals surface area contributed by atoms with Gasteiger partial charge in [0, 0.05) is 23.9 Å². The topological polar surface area (TPSA) is 67.4 Å². The molecule has 22 heavy (non-hydrogen) atoms. The van der Waals surface area contributed by atoms with Crippen LogP contribution in [0.15, 0.2) is 10.3 Å². The van der Waals surface area contributed by atoms with Crippen LogP contribution in [0.5, 0.6) is 0 Å². The summed E-state index contributed by atoms with van der Waals surface area (Å²) in [6, 6.07) is 1.74. The maximum absolute atomic E-state index is 12.4. The van der Waals surface area contributed by atoms with Gasteiger partial charge >= 0.3 is 0 Å². The van der Waals surface area contributed by atoms with Crippen LogP contribution < -0.4 is 10.0 Å². The third-order valence-electron chi connectivity index (χ3n) is 4.16. The molecule has 1 aromatic rings. The molecule has 5 nitrogen and oxygen atoms in total. The Hall–Kier alpha value is -0.180. The molecule has 0 bridgehead atoms. The first-order valence-electron chi connectivity index (χ1n) is 7.15. The van der Waals surface area contributed by atoms with E-state index >= 15 is 0 Å². The Kier molecular flexibility index (Phi) is 7.29. The molecule has 8 heteroatoms. The number of ether oxygens (including phenoxy) is 1. The van der Waals surface area contributed by atoms with Gasteiger partial charge in [-0.05, 0) is 51.4 Å². The zero-order chi connectivity index (χ0) is 15.5. The van der Waals surface area contributed by atoms with Crippen LogP contribution in [0.4, 0.5) is 0 Å². The predicted molar refractivity (Wildman–Crippen MR) is 92.6 cm³/mol. The Morgan fingerprint density at radius 2 is 2.00 bits per heavy atom. The molecule has 1 saturated heterocycles. The highest BCUT2D eigenvalue weighted by Crippen LogP contribution is 2.30. The van der Waals surface area contributed by atoms with E-state index in [1.54, 1.807) is 13.2 Å². The lowest BCUT2D eigenvalue weighted by Crippen LogP contribution is -2.47. The fourth-order valence-corrected chi connectivity index (χ4v) is 5.34. The summed E-state index contributed by atoms with van der Waals surface area (Å²) in [5.74, 6) is 0. The minimum Gasteiger partial charge on any atom is -0.384 e. The SMILES string of the molecule is COCC1(CNS(=O)(=O)c2cc(C)c(C)s2)CCNCC1.Cl. The Balaban J connectivity index is 0.00000242. The van der Waals surface area contributed by atoms with Gasteiger partial charge in [-0.3, -0.25) is 0 Å². The average molecular weight is 369 g/mol. The first kappa shape index (κ1) is 19.9. The number of piperidine rings is 1. The number of rotatable bonds is 6. The number of aryl methyl sites for hydroxylation is 2. The Labute approximate surface area is 143 Å². The van der Waals surface area contributed by atoms with Gasteiger partial charge in [0.1, 0.15) is 4.21 Å². The Morgan fingerprint density at radius 3 is 2.50 bits per heavy atom. The molecule has 1 fully saturated rings. The van der Waals surface area contributed by atoms with E-state index in [9.17, 15) is 8.42 Å². The molecule has 0 amide bonds. The lowest BCUT2D eigenvalue weighted by Gasteiger charge is -2.37. The van der Waals surface area contributed by atoms with Crippen molar-refractivity contribution in [1.29, 1.82) is 0 Å². The standard InChI is InChI=1S/C14H24N2O3S2.ClH/c1-11-8-13(20-12(11)2)21(17,18)16-9-14(10-19-3)4-6-15-7-5-14;/h8,15-16H,4-7,9-10H2,1-3H3;1H. The molecule has 0 aromatic carbocycles. The van der Waals surface area contributed by atoms with Gasteiger partial charge < -0.3 is 10.1 Å². The minimum absolute atomic E-state index is 0. The summed E-state index contributed by atoms with van der Waals surface area (Å²) in [6.07, 6.45) is 1.84. The molecule has 1 aliphatic heterocycles. The normalized spacial score (nSPS) is 18.0. The monoisotopic (exact) mass is 368 g/mol. The third kappa shape index (κ3) is 4.66. The lowest BCUT2D eigenvalue weighted by atomic mass is 9.80. The zero-order valence-electron chi connectivity index (χ0n) is 13.3. The van der Waals surface area contributed by atoms with Crippen molar-refractivity contribution in [2.45, 2.75) is 30.9 Å². The first-order chi connectivity index (χ1) is 9.88. The molecule has 2 N–H and O–H groups in total. The van der Waals surface area contributed by atoms with E-state index in [1.165, 1.54) is 11.3 Å². The Bertz CT molecular complexity index is 556. The van der Waals surface area contributed by atoms with Gasteiger partial charge in [0.25, 0.3) is 0 Å². The van der Waals surface area contributed by atoms with Gasteiger partial charge in [-0.25, -0.2) is 13.1 Å². The van der Waals surface area contributed by atoms with E-state index in [0.29, 0.717) is 17.4 Å². The minimum atomic E-state index is -3.43. The molecule has 0 radical (unpaired) electrons. The van der Waals surface area contributed by atoms with Crippen molar-refractivity contribution in [1.82, 2.24) is 10.0 Å². The maximum Gasteiger partial charge on any atom is 0.250 e. The summed E-state index contributed by atoms with van der Waals surface area (Å²) in [5.41, 5.74) is 0.919. The van der Waals surface area contributed by atoms with E-state index in [-0.39, 0.29) is 17.8 Å². The second-order valence-corrected chi connectivity index (χ2v) is 9.06. The second kappa shape index (κ2) is 8.08. The fraction of sp³-hybridized carbons (Fsp3) is 0.714. The Morgan fingerprint density at radius 1 is 1.36 bits per heavy atom. The molecule has 0 unspecified atom stereocenters. The molecule has 0 aliphatic carbocycles. The first-order valence-corrected chi connectivity index (χ1v) is 9.45. The molecule has 0 saturated carbocycles. The number of thiophene rings is 1. The van der Waals surface area contributed by atoms with Gasteiger partial charge in [0.2, 0.25) is 10.0 Å². The summed E-state index contributed by atoms with van der Waals surface area (Å²) < 4.78 is 33.4. The van der Waals surface area contributed by atoms with E-state index < -0.39 is 10.0 Å². The number of hydrogen-bond acceptors (Lipinski definition) is 5. The summed E-state index contributed by atoms with van der Waals surface area (Å²) in [7, 11) is -1.75. The molecular formula is C14H25ClN2O3S2. The summed E-state index contributed by atoms with van der Waals surface area (Å²) in [6.45, 7) is 6.70. The highest BCUT2D eigenvalue weighted by Gasteiger charge is 2.33. The van der Waals surface area contributed by atoms with Crippen LogP contribution in [0.2, 0.25) is 0 Å². The van der Waals surface area contributed by atoms with E-state index in [0.717, 1.165) is 36.4 Å². The lowest BCUT2D eigenvalue weighted by molar-refractivity contribution is 0.0577. The number of halogens is 1. The van der Waals surface area contributed by atoms with Crippen molar-refractivity contribution in [3.05, 3.63) is 16.5 Å². The van der Waals surface area contributed by atoms with E-state index in [1.807, 2.05) is 13.8 Å². The number of nitrogens with one attached hydrogen (secondary N) is 2. The van der Waals surface area contributed by atoms with E-state index in [2.05, 4.69) is 10.0 Å². The molecule has 0 atom stereocenters. The number of methoxy groups -OCH3 is 1. The van der Waals surface area contributed by atoms with E-state index in [4.69, 9.17) is 4.74 Å². The van der Waals surface area contributed by atoms with Crippen molar-refractivity contribution in [2.24, 2.45) is 5.41 Å². The van der Waals surface area contributed by atoms with Crippen LogP contribution in [0, 0.1) is 19.3 Å². The molecule has 1 aromatic heterocycles. The summed E-state index contributed by atoms with van der Waals surface area (Å²) in [4.78, 5) is 1.05. The zero-order valence-corrected chi connectivity index (χ0v) is 15.7. The molecule has 2 rings (SSSR count). The van der Waals surface area contributed by atoms with Gasteiger partial charge in [-0.15, -0.1) is 23.7 Å². The van der Waals surface area contributed by atoms with Crippen molar-refractivity contribution < 1.29 is 13.2 Å². The highest BCUT2D eigenvalue weighted by atomic mass is 35.5. The second-order valence-electron chi connectivity index (χ2n) is 5.81. The van der Waals surface area contributed by atoms with Crippen molar-refractivity contribution in [2.75, 3.05) is 33.4 Å². The summed E-state index contributed by atoms with van der Waals surface area (Å²) in [5, 5.41) is 3.31. The van der Waals surface area contributed by atoms with Crippen LogP contribution >= 0.6 is 23.7 Å². The summed E-state index contributed by atoms with van der Waals surface area (Å²) >= 11 is 1.33. The van der Waals surface area contributed by atoms with Crippen LogP contribution in [-0.2, 0) is 14.8 Å². The highest BCUT2D eigenvalue weighted by molar-refractivity contribution is 7.91. The quantitative estimate of drug-likeness (QED) is 0.806. The third-order valence-corrected chi connectivity index (χ3v) is 7.19. The predicted octanol–water partition coefficient (Wildman–Crippen LogP) is 2.08. The molecule has 2 heterocycles. The van der Waals surface area contributed by atoms with Crippen molar-refractivity contribution in [3.63, 3.8) is 0 Å². The molecule has 128 valence electrons. The van der Waals surface area contributed by atoms with Gasteiger partial charge in [0.15, 0.2) is 0 Å². The number of hydrogen-bond donors (Lipinski definition) is 2. The van der Waals surface area contributed by atoms with Crippen LogP contribution in [-0.4, -0.2) is 41.8 Å². The van der Waals surface area contributed by atoms with Gasteiger partial charge in [-0.1, -0.05) is 0 Å². The van der Waals surface area contributed by atoms with Crippen molar-refractivity contribution >= 4 is 33.8 Å². The van der Waals surface area contributed by atoms with Gasteiger partial charge in [-0.2, -0.15) is 0 Å². The maximum atomic E-state index is 12.4. The number of sulfonamides is 1. The molecule has 1 aliphatic rings. The smallest absolute Gasteiger partial charge is 0.250 e. The molecular weight excluding hydrogens is 344 g/mol. The van der Waals surface area contributed by atoms with Crippen molar-refractivity contribution in [3.8, 4) is 0 Å². The fourth-order valence-electron chi connectivity index (χ4n) is 2.63. The van der Waals surface area contributed by atoms with Crippen LogP contribution in [0.1, 0.15) is 23.3 Å². The largest absolute Gasteiger partial charge is 0.384 e. The van der Waals surface area contributed by atoms with Crippen LogP contribution in [0.25, 0.3) is 0 Å². The molecule has 0 spiro atoms. The van der Waals surface area contributed by atoms with Gasteiger partial charge in [0.05, 0.1) is 6.61 Å².